The van der Waals surface area contributed by atoms with Crippen LogP contribution in [-0.4, -0.2) is 12.2 Å². The van der Waals surface area contributed by atoms with Crippen LogP contribution >= 0.6 is 0 Å². The van der Waals surface area contributed by atoms with Crippen LogP contribution < -0.4 is 9.47 Å². The number of hydrogen-bond donors (Lipinski definition) is 1. The number of aromatic hydroxyl groups is 1. The van der Waals surface area contributed by atoms with Crippen LogP contribution in [0.1, 0.15) is 42.9 Å². The van der Waals surface area contributed by atoms with Crippen LogP contribution in [0, 0.1) is 11.8 Å². The molecule has 1 N–H and O–H groups in total. The summed E-state index contributed by atoms with van der Waals surface area (Å²) in [6.45, 7) is 2.31. The zero-order valence-electron chi connectivity index (χ0n) is 13.5. The molecule has 2 aromatic rings. The lowest BCUT2D eigenvalue weighted by molar-refractivity contribution is 0.103. The van der Waals surface area contributed by atoms with E-state index in [9.17, 15) is 5.11 Å². The maximum Gasteiger partial charge on any atom is 0.127 e. The highest BCUT2D eigenvalue weighted by molar-refractivity contribution is 5.46. The van der Waals surface area contributed by atoms with Crippen LogP contribution in [0.15, 0.2) is 42.5 Å². The average Bonchev–Trinajstić information content (AvgIpc) is 2.96. The molecule has 0 spiro atoms. The molecule has 0 aromatic heterocycles. The standard InChI is InChI=1S/C20H22O3/c1-12-9-16-17-11-14(21)5-8-19(17)23-20(18(16)10-12)13-3-6-15(22-2)7-4-13/h3-8,11-12,16,18,20-21H,9-10H2,1-2H3/t12-,16-,18-,20-/m1/s1. The molecule has 1 aliphatic heterocycles. The molecule has 23 heavy (non-hydrogen) atoms. The van der Waals surface area contributed by atoms with E-state index in [0.29, 0.717) is 23.5 Å². The summed E-state index contributed by atoms with van der Waals surface area (Å²) in [5.74, 6) is 3.72. The second kappa shape index (κ2) is 5.48. The van der Waals surface area contributed by atoms with Crippen LogP contribution in [0.3, 0.4) is 0 Å². The van der Waals surface area contributed by atoms with Crippen molar-refractivity contribution >= 4 is 0 Å². The van der Waals surface area contributed by atoms with Crippen molar-refractivity contribution in [3.05, 3.63) is 53.6 Å². The molecule has 1 fully saturated rings. The SMILES string of the molecule is COc1ccc([C@H]2Oc3ccc(O)cc3[C@H]3C[C@@H](C)C[C@H]32)cc1. The Morgan fingerprint density at radius 2 is 1.87 bits per heavy atom. The van der Waals surface area contributed by atoms with E-state index in [1.165, 1.54) is 11.1 Å². The van der Waals surface area contributed by atoms with Crippen molar-refractivity contribution in [1.82, 2.24) is 0 Å². The Balaban J connectivity index is 1.74. The van der Waals surface area contributed by atoms with Crippen LogP contribution in [-0.2, 0) is 0 Å². The van der Waals surface area contributed by atoms with Gasteiger partial charge in [0.1, 0.15) is 23.4 Å². The maximum absolute atomic E-state index is 9.85. The highest BCUT2D eigenvalue weighted by Crippen LogP contribution is 2.55. The number of hydrogen-bond acceptors (Lipinski definition) is 3. The van der Waals surface area contributed by atoms with Crippen LogP contribution in [0.5, 0.6) is 17.2 Å². The van der Waals surface area contributed by atoms with E-state index in [0.717, 1.165) is 24.3 Å². The summed E-state index contributed by atoms with van der Waals surface area (Å²) in [6.07, 6.45) is 2.40. The third kappa shape index (κ3) is 2.44. The fourth-order valence-corrected chi connectivity index (χ4v) is 4.29. The van der Waals surface area contributed by atoms with Gasteiger partial charge < -0.3 is 14.6 Å². The van der Waals surface area contributed by atoms with Gasteiger partial charge in [-0.25, -0.2) is 0 Å². The topological polar surface area (TPSA) is 38.7 Å². The number of fused-ring (bicyclic) bond motifs is 3. The van der Waals surface area contributed by atoms with E-state index in [4.69, 9.17) is 9.47 Å². The molecule has 1 saturated carbocycles. The molecule has 2 aliphatic rings. The van der Waals surface area contributed by atoms with Gasteiger partial charge in [0.15, 0.2) is 0 Å². The molecule has 0 bridgehead atoms. The molecular formula is C20H22O3. The molecule has 4 rings (SSSR count). The van der Waals surface area contributed by atoms with Gasteiger partial charge in [0.2, 0.25) is 0 Å². The Morgan fingerprint density at radius 1 is 1.09 bits per heavy atom. The van der Waals surface area contributed by atoms with Gasteiger partial charge in [-0.2, -0.15) is 0 Å². The molecule has 0 amide bonds. The first kappa shape index (κ1) is 14.4. The second-order valence-electron chi connectivity index (χ2n) is 6.88. The predicted octanol–water partition coefficient (Wildman–Crippen LogP) is 4.66. The summed E-state index contributed by atoms with van der Waals surface area (Å²) in [5, 5.41) is 9.85. The summed E-state index contributed by atoms with van der Waals surface area (Å²) >= 11 is 0. The van der Waals surface area contributed by atoms with Crippen molar-refractivity contribution in [3.63, 3.8) is 0 Å². The van der Waals surface area contributed by atoms with Crippen LogP contribution in [0.4, 0.5) is 0 Å². The predicted molar refractivity (Wildman–Crippen MR) is 89.1 cm³/mol. The summed E-state index contributed by atoms with van der Waals surface area (Å²) in [4.78, 5) is 0. The first-order valence-electron chi connectivity index (χ1n) is 8.29. The van der Waals surface area contributed by atoms with Gasteiger partial charge in [-0.15, -0.1) is 0 Å². The van der Waals surface area contributed by atoms with Crippen molar-refractivity contribution in [1.29, 1.82) is 0 Å². The Morgan fingerprint density at radius 3 is 2.61 bits per heavy atom. The van der Waals surface area contributed by atoms with E-state index in [2.05, 4.69) is 19.1 Å². The summed E-state index contributed by atoms with van der Waals surface area (Å²) in [7, 11) is 1.68. The minimum absolute atomic E-state index is 0.0768. The largest absolute Gasteiger partial charge is 0.508 e. The van der Waals surface area contributed by atoms with Crippen molar-refractivity contribution in [2.75, 3.05) is 7.11 Å². The second-order valence-corrected chi connectivity index (χ2v) is 6.88. The lowest BCUT2D eigenvalue weighted by Crippen LogP contribution is -2.26. The minimum Gasteiger partial charge on any atom is -0.508 e. The Labute approximate surface area is 136 Å². The monoisotopic (exact) mass is 310 g/mol. The molecule has 0 unspecified atom stereocenters. The molecule has 0 radical (unpaired) electrons. The number of methoxy groups -OCH3 is 1. The number of ether oxygens (including phenoxy) is 2. The third-order valence-corrected chi connectivity index (χ3v) is 5.33. The molecule has 1 aliphatic carbocycles. The molecule has 0 saturated heterocycles. The fraction of sp³-hybridized carbons (Fsp3) is 0.400. The fourth-order valence-electron chi connectivity index (χ4n) is 4.29. The van der Waals surface area contributed by atoms with Crippen LogP contribution in [0.25, 0.3) is 0 Å². The van der Waals surface area contributed by atoms with Gasteiger partial charge in [-0.05, 0) is 60.6 Å². The van der Waals surface area contributed by atoms with Crippen molar-refractivity contribution < 1.29 is 14.6 Å². The van der Waals surface area contributed by atoms with Gasteiger partial charge in [0, 0.05) is 11.5 Å². The normalized spacial score (nSPS) is 28.6. The Kier molecular flexibility index (Phi) is 3.44. The number of phenols is 1. The van der Waals surface area contributed by atoms with Gasteiger partial charge >= 0.3 is 0 Å². The lowest BCUT2D eigenvalue weighted by atomic mass is 9.80. The Hall–Kier alpha value is -2.16. The average molecular weight is 310 g/mol. The van der Waals surface area contributed by atoms with E-state index >= 15 is 0 Å². The zero-order chi connectivity index (χ0) is 16.0. The smallest absolute Gasteiger partial charge is 0.127 e. The lowest BCUT2D eigenvalue weighted by Gasteiger charge is -2.36. The quantitative estimate of drug-likeness (QED) is 0.876. The van der Waals surface area contributed by atoms with E-state index in [1.54, 1.807) is 13.2 Å². The highest BCUT2D eigenvalue weighted by atomic mass is 16.5. The van der Waals surface area contributed by atoms with Crippen molar-refractivity contribution in [3.8, 4) is 17.2 Å². The maximum atomic E-state index is 9.85. The molecule has 3 heteroatoms. The molecular weight excluding hydrogens is 288 g/mol. The Bertz CT molecular complexity index is 707. The number of rotatable bonds is 2. The third-order valence-electron chi connectivity index (χ3n) is 5.33. The number of phenolic OH excluding ortho intramolecular Hbond substituents is 1. The first-order chi connectivity index (χ1) is 11.2. The van der Waals surface area contributed by atoms with E-state index in [-0.39, 0.29) is 6.10 Å². The van der Waals surface area contributed by atoms with Crippen LogP contribution in [0.2, 0.25) is 0 Å². The summed E-state index contributed by atoms with van der Waals surface area (Å²) < 4.78 is 11.6. The number of benzene rings is 2. The van der Waals surface area contributed by atoms with E-state index in [1.807, 2.05) is 24.3 Å². The van der Waals surface area contributed by atoms with Gasteiger partial charge in [-0.3, -0.25) is 0 Å². The van der Waals surface area contributed by atoms with Gasteiger partial charge in [0.05, 0.1) is 7.11 Å². The van der Waals surface area contributed by atoms with E-state index < -0.39 is 0 Å². The summed E-state index contributed by atoms with van der Waals surface area (Å²) in [6, 6.07) is 13.7. The molecule has 3 nitrogen and oxygen atoms in total. The van der Waals surface area contributed by atoms with Gasteiger partial charge in [0.25, 0.3) is 0 Å². The highest BCUT2D eigenvalue weighted by Gasteiger charge is 2.44. The molecule has 2 aromatic carbocycles. The first-order valence-corrected chi connectivity index (χ1v) is 8.29. The summed E-state index contributed by atoms with van der Waals surface area (Å²) in [5.41, 5.74) is 2.37. The van der Waals surface area contributed by atoms with Crippen molar-refractivity contribution in [2.45, 2.75) is 31.8 Å². The minimum atomic E-state index is 0.0768. The zero-order valence-corrected chi connectivity index (χ0v) is 13.5. The van der Waals surface area contributed by atoms with Gasteiger partial charge in [-0.1, -0.05) is 19.1 Å². The molecule has 120 valence electrons. The molecule has 4 atom stereocenters. The molecule has 1 heterocycles. The van der Waals surface area contributed by atoms with Crippen molar-refractivity contribution in [2.24, 2.45) is 11.8 Å².